The molecule has 1 atom stereocenters. The van der Waals surface area contributed by atoms with Gasteiger partial charge in [-0.05, 0) is 19.3 Å². The summed E-state index contributed by atoms with van der Waals surface area (Å²) >= 11 is 5.47. The highest BCUT2D eigenvalue weighted by atomic mass is 35.5. The number of carbonyl (C=O) groups is 1. The molecule has 0 aromatic rings. The predicted octanol–water partition coefficient (Wildman–Crippen LogP) is 2.20. The third-order valence-electron chi connectivity index (χ3n) is 1.26. The zero-order valence-electron chi connectivity index (χ0n) is 7.26. The van der Waals surface area contributed by atoms with E-state index in [-0.39, 0.29) is 5.97 Å². The SMILES string of the molecule is CC(C)CCOC(=O)C(C)Cl. The van der Waals surface area contributed by atoms with E-state index in [9.17, 15) is 4.79 Å². The van der Waals surface area contributed by atoms with E-state index in [1.807, 2.05) is 0 Å². The van der Waals surface area contributed by atoms with Crippen LogP contribution in [0.1, 0.15) is 27.2 Å². The Morgan fingerprint density at radius 1 is 1.45 bits per heavy atom. The van der Waals surface area contributed by atoms with E-state index in [0.29, 0.717) is 12.5 Å². The van der Waals surface area contributed by atoms with Gasteiger partial charge in [-0.1, -0.05) is 13.8 Å². The largest absolute Gasteiger partial charge is 0.465 e. The van der Waals surface area contributed by atoms with Gasteiger partial charge in [-0.15, -0.1) is 11.6 Å². The van der Waals surface area contributed by atoms with Crippen molar-refractivity contribution in [3.8, 4) is 0 Å². The lowest BCUT2D eigenvalue weighted by molar-refractivity contribution is -0.143. The molecule has 0 amide bonds. The van der Waals surface area contributed by atoms with Crippen molar-refractivity contribution in [2.24, 2.45) is 5.92 Å². The molecule has 0 aromatic heterocycles. The van der Waals surface area contributed by atoms with Crippen molar-refractivity contribution in [3.63, 3.8) is 0 Å². The average Bonchev–Trinajstić information content (AvgIpc) is 1.86. The lowest BCUT2D eigenvalue weighted by Crippen LogP contribution is -2.15. The molecule has 0 bridgehead atoms. The number of hydrogen-bond acceptors (Lipinski definition) is 2. The minimum absolute atomic E-state index is 0.327. The second-order valence-corrected chi connectivity index (χ2v) is 3.62. The van der Waals surface area contributed by atoms with Crippen molar-refractivity contribution in [2.75, 3.05) is 6.61 Å². The molecule has 0 aromatic carbocycles. The van der Waals surface area contributed by atoms with Crippen LogP contribution in [0.25, 0.3) is 0 Å². The average molecular weight is 179 g/mol. The van der Waals surface area contributed by atoms with Crippen LogP contribution in [0.3, 0.4) is 0 Å². The normalized spacial score (nSPS) is 13.2. The van der Waals surface area contributed by atoms with Gasteiger partial charge in [-0.2, -0.15) is 0 Å². The molecule has 0 aliphatic carbocycles. The minimum Gasteiger partial charge on any atom is -0.465 e. The van der Waals surface area contributed by atoms with E-state index in [1.165, 1.54) is 0 Å². The molecule has 66 valence electrons. The van der Waals surface area contributed by atoms with Gasteiger partial charge in [0.05, 0.1) is 6.61 Å². The zero-order valence-corrected chi connectivity index (χ0v) is 8.02. The maximum absolute atomic E-state index is 10.8. The first-order valence-electron chi connectivity index (χ1n) is 3.84. The second kappa shape index (κ2) is 5.42. The van der Waals surface area contributed by atoms with E-state index in [1.54, 1.807) is 6.92 Å². The summed E-state index contributed by atoms with van der Waals surface area (Å²) in [6.45, 7) is 6.25. The van der Waals surface area contributed by atoms with Crippen LogP contribution in [0, 0.1) is 5.92 Å². The summed E-state index contributed by atoms with van der Waals surface area (Å²) in [7, 11) is 0. The van der Waals surface area contributed by atoms with Crippen molar-refractivity contribution >= 4 is 17.6 Å². The number of esters is 1. The highest BCUT2D eigenvalue weighted by Gasteiger charge is 2.09. The summed E-state index contributed by atoms with van der Waals surface area (Å²) < 4.78 is 4.84. The van der Waals surface area contributed by atoms with Crippen molar-refractivity contribution in [3.05, 3.63) is 0 Å². The van der Waals surface area contributed by atoms with Crippen molar-refractivity contribution < 1.29 is 9.53 Å². The van der Waals surface area contributed by atoms with E-state index < -0.39 is 5.38 Å². The Morgan fingerprint density at radius 2 is 2.00 bits per heavy atom. The van der Waals surface area contributed by atoms with Crippen molar-refractivity contribution in [2.45, 2.75) is 32.6 Å². The maximum atomic E-state index is 10.8. The van der Waals surface area contributed by atoms with Crippen LogP contribution in [0.2, 0.25) is 0 Å². The maximum Gasteiger partial charge on any atom is 0.323 e. The molecule has 0 radical (unpaired) electrons. The summed E-state index contributed by atoms with van der Waals surface area (Å²) in [6.07, 6.45) is 0.898. The fourth-order valence-electron chi connectivity index (χ4n) is 0.510. The van der Waals surface area contributed by atoms with E-state index >= 15 is 0 Å². The standard InChI is InChI=1S/C8H15ClO2/c1-6(2)4-5-11-8(10)7(3)9/h6-7H,4-5H2,1-3H3. The van der Waals surface area contributed by atoms with Gasteiger partial charge < -0.3 is 4.74 Å². The lowest BCUT2D eigenvalue weighted by atomic mass is 10.1. The first-order chi connectivity index (χ1) is 5.04. The highest BCUT2D eigenvalue weighted by molar-refractivity contribution is 6.29. The lowest BCUT2D eigenvalue weighted by Gasteiger charge is -2.06. The molecule has 11 heavy (non-hydrogen) atoms. The molecule has 0 aliphatic rings. The van der Waals surface area contributed by atoms with E-state index in [0.717, 1.165) is 6.42 Å². The molecule has 0 saturated carbocycles. The predicted molar refractivity (Wildman–Crippen MR) is 45.7 cm³/mol. The van der Waals surface area contributed by atoms with Gasteiger partial charge in [0.15, 0.2) is 0 Å². The van der Waals surface area contributed by atoms with Crippen LogP contribution >= 0.6 is 11.6 Å². The van der Waals surface area contributed by atoms with Crippen LogP contribution in [0.5, 0.6) is 0 Å². The molecule has 0 fully saturated rings. The van der Waals surface area contributed by atoms with Gasteiger partial charge >= 0.3 is 5.97 Å². The number of hydrogen-bond donors (Lipinski definition) is 0. The molecule has 0 N–H and O–H groups in total. The summed E-state index contributed by atoms with van der Waals surface area (Å²) in [4.78, 5) is 10.8. The van der Waals surface area contributed by atoms with Crippen LogP contribution < -0.4 is 0 Å². The van der Waals surface area contributed by atoms with Gasteiger partial charge in [0.2, 0.25) is 0 Å². The molecule has 1 unspecified atom stereocenters. The third kappa shape index (κ3) is 6.17. The molecular formula is C8H15ClO2. The van der Waals surface area contributed by atoms with Crippen LogP contribution in [-0.2, 0) is 9.53 Å². The Hall–Kier alpha value is -0.240. The van der Waals surface area contributed by atoms with E-state index in [4.69, 9.17) is 16.3 Å². The quantitative estimate of drug-likeness (QED) is 0.488. The minimum atomic E-state index is -0.526. The molecule has 0 saturated heterocycles. The molecule has 0 rings (SSSR count). The number of alkyl halides is 1. The van der Waals surface area contributed by atoms with Gasteiger partial charge in [-0.25, -0.2) is 0 Å². The first kappa shape index (κ1) is 10.8. The van der Waals surface area contributed by atoms with Gasteiger partial charge in [0.25, 0.3) is 0 Å². The van der Waals surface area contributed by atoms with Crippen molar-refractivity contribution in [1.82, 2.24) is 0 Å². The molecule has 0 spiro atoms. The van der Waals surface area contributed by atoms with Crippen LogP contribution in [0.4, 0.5) is 0 Å². The third-order valence-corrected chi connectivity index (χ3v) is 1.44. The Morgan fingerprint density at radius 3 is 2.36 bits per heavy atom. The number of ether oxygens (including phenoxy) is 1. The fraction of sp³-hybridized carbons (Fsp3) is 0.875. The van der Waals surface area contributed by atoms with Gasteiger partial charge in [0, 0.05) is 0 Å². The van der Waals surface area contributed by atoms with E-state index in [2.05, 4.69) is 13.8 Å². The second-order valence-electron chi connectivity index (χ2n) is 2.97. The van der Waals surface area contributed by atoms with Gasteiger partial charge in [0.1, 0.15) is 5.38 Å². The number of rotatable bonds is 4. The highest BCUT2D eigenvalue weighted by Crippen LogP contribution is 2.02. The Balaban J connectivity index is 3.32. The van der Waals surface area contributed by atoms with Gasteiger partial charge in [-0.3, -0.25) is 4.79 Å². The Bertz CT molecular complexity index is 121. The summed E-state index contributed by atoms with van der Waals surface area (Å²) in [5.74, 6) is 0.237. The summed E-state index contributed by atoms with van der Waals surface area (Å²) in [5, 5.41) is -0.526. The molecule has 0 heterocycles. The smallest absolute Gasteiger partial charge is 0.323 e. The molecule has 3 heteroatoms. The van der Waals surface area contributed by atoms with Crippen LogP contribution in [0.15, 0.2) is 0 Å². The molecule has 2 nitrogen and oxygen atoms in total. The first-order valence-corrected chi connectivity index (χ1v) is 4.28. The van der Waals surface area contributed by atoms with Crippen molar-refractivity contribution in [1.29, 1.82) is 0 Å². The number of halogens is 1. The summed E-state index contributed by atoms with van der Waals surface area (Å²) in [6, 6.07) is 0. The Kier molecular flexibility index (Phi) is 5.30. The summed E-state index contributed by atoms with van der Waals surface area (Å²) in [5.41, 5.74) is 0. The zero-order chi connectivity index (χ0) is 8.85. The van der Waals surface area contributed by atoms with Crippen LogP contribution in [-0.4, -0.2) is 18.0 Å². The molecular weight excluding hydrogens is 164 g/mol. The Labute approximate surface area is 72.9 Å². The monoisotopic (exact) mass is 178 g/mol. The number of carbonyl (C=O) groups excluding carboxylic acids is 1. The topological polar surface area (TPSA) is 26.3 Å². The fourth-order valence-corrected chi connectivity index (χ4v) is 0.573. The molecule has 0 aliphatic heterocycles.